The lowest BCUT2D eigenvalue weighted by Gasteiger charge is -2.15. The second-order valence-electron chi connectivity index (χ2n) is 14.1. The van der Waals surface area contributed by atoms with Crippen LogP contribution in [0.25, 0.3) is 109 Å². The molecule has 3 heteroatoms. The third-order valence-corrected chi connectivity index (χ3v) is 12.1. The van der Waals surface area contributed by atoms with Crippen LogP contribution in [0.3, 0.4) is 0 Å². The second-order valence-corrected chi connectivity index (χ2v) is 15.2. The summed E-state index contributed by atoms with van der Waals surface area (Å²) in [5, 5.41) is 10.1. The van der Waals surface area contributed by atoms with Gasteiger partial charge in [-0.1, -0.05) is 164 Å². The van der Waals surface area contributed by atoms with E-state index in [0.29, 0.717) is 5.82 Å². The molecule has 0 amide bonds. The summed E-state index contributed by atoms with van der Waals surface area (Å²) in [6.07, 6.45) is 0. The molecular formula is C52H32N2S. The molecule has 0 atom stereocenters. The molecule has 11 aromatic rings. The summed E-state index contributed by atoms with van der Waals surface area (Å²) in [6.45, 7) is 0. The predicted molar refractivity (Wildman–Crippen MR) is 235 cm³/mol. The number of thiophene rings is 1. The Balaban J connectivity index is 1.07. The largest absolute Gasteiger partial charge is 0.228 e. The van der Waals surface area contributed by atoms with Crippen LogP contribution in [0.5, 0.6) is 0 Å². The Morgan fingerprint density at radius 1 is 0.327 bits per heavy atom. The number of hydrogen-bond donors (Lipinski definition) is 0. The van der Waals surface area contributed by atoms with Crippen LogP contribution in [0.2, 0.25) is 0 Å². The van der Waals surface area contributed by atoms with Crippen molar-refractivity contribution in [1.82, 2.24) is 9.97 Å². The minimum atomic E-state index is 0.717. The first kappa shape index (κ1) is 31.6. The molecule has 0 radical (unpaired) electrons. The zero-order valence-electron chi connectivity index (χ0n) is 29.8. The third kappa shape index (κ3) is 5.40. The predicted octanol–water partition coefficient (Wildman–Crippen LogP) is 14.6. The maximum atomic E-state index is 5.21. The number of hydrogen-bond acceptors (Lipinski definition) is 3. The van der Waals surface area contributed by atoms with Crippen LogP contribution < -0.4 is 0 Å². The number of fused-ring (bicyclic) bond motifs is 7. The van der Waals surface area contributed by atoms with Gasteiger partial charge in [-0.3, -0.25) is 0 Å². The summed E-state index contributed by atoms with van der Waals surface area (Å²) < 4.78 is 2.52. The Morgan fingerprint density at radius 2 is 0.945 bits per heavy atom. The van der Waals surface area contributed by atoms with Crippen molar-refractivity contribution < 1.29 is 0 Å². The number of nitrogens with zero attached hydrogens (tertiary/aromatic N) is 2. The lowest BCUT2D eigenvalue weighted by atomic mass is 9.88. The Labute approximate surface area is 322 Å². The van der Waals surface area contributed by atoms with E-state index in [1.807, 2.05) is 29.5 Å². The van der Waals surface area contributed by atoms with Crippen LogP contribution in [-0.2, 0) is 0 Å². The fraction of sp³-hybridized carbons (Fsp3) is 0. The number of benzene rings is 9. The van der Waals surface area contributed by atoms with Crippen molar-refractivity contribution in [3.63, 3.8) is 0 Å². The smallest absolute Gasteiger partial charge is 0.160 e. The van der Waals surface area contributed by atoms with Gasteiger partial charge in [0.15, 0.2) is 5.82 Å². The lowest BCUT2D eigenvalue weighted by molar-refractivity contribution is 1.19. The molecule has 0 aliphatic heterocycles. The van der Waals surface area contributed by atoms with E-state index in [0.717, 1.165) is 39.2 Å². The first-order valence-corrected chi connectivity index (χ1v) is 19.5. The van der Waals surface area contributed by atoms with Crippen molar-refractivity contribution in [3.8, 4) is 56.2 Å². The highest BCUT2D eigenvalue weighted by Crippen LogP contribution is 2.42. The van der Waals surface area contributed by atoms with E-state index in [-0.39, 0.29) is 0 Å². The fourth-order valence-corrected chi connectivity index (χ4v) is 9.47. The summed E-state index contributed by atoms with van der Waals surface area (Å²) in [5.41, 5.74) is 9.75. The van der Waals surface area contributed by atoms with E-state index in [1.54, 1.807) is 0 Å². The van der Waals surface area contributed by atoms with Crippen LogP contribution in [0.15, 0.2) is 194 Å². The van der Waals surface area contributed by atoms with Gasteiger partial charge in [-0.05, 0) is 84.9 Å². The van der Waals surface area contributed by atoms with Crippen LogP contribution in [0, 0.1) is 0 Å². The molecule has 9 aromatic carbocycles. The van der Waals surface area contributed by atoms with E-state index in [2.05, 4.69) is 176 Å². The zero-order chi connectivity index (χ0) is 36.3. The van der Waals surface area contributed by atoms with Gasteiger partial charge in [0.2, 0.25) is 0 Å². The van der Waals surface area contributed by atoms with Gasteiger partial charge in [0.1, 0.15) is 0 Å². The number of aromatic nitrogens is 2. The average Bonchev–Trinajstić information content (AvgIpc) is 3.65. The highest BCUT2D eigenvalue weighted by atomic mass is 32.1. The summed E-state index contributed by atoms with van der Waals surface area (Å²) >= 11 is 1.83. The van der Waals surface area contributed by atoms with Crippen LogP contribution in [0.1, 0.15) is 0 Å². The summed E-state index contributed by atoms with van der Waals surface area (Å²) in [6, 6.07) is 69.8. The monoisotopic (exact) mass is 716 g/mol. The van der Waals surface area contributed by atoms with Gasteiger partial charge in [-0.25, -0.2) is 9.97 Å². The van der Waals surface area contributed by atoms with Crippen molar-refractivity contribution in [2.75, 3.05) is 0 Å². The van der Waals surface area contributed by atoms with Crippen molar-refractivity contribution in [2.24, 2.45) is 0 Å². The second kappa shape index (κ2) is 12.9. The molecule has 0 aliphatic carbocycles. The molecule has 11 rings (SSSR count). The van der Waals surface area contributed by atoms with E-state index < -0.39 is 0 Å². The summed E-state index contributed by atoms with van der Waals surface area (Å²) in [4.78, 5) is 10.4. The molecule has 0 unspecified atom stereocenters. The minimum Gasteiger partial charge on any atom is -0.228 e. The normalized spacial score (nSPS) is 11.6. The molecule has 0 N–H and O–H groups in total. The van der Waals surface area contributed by atoms with E-state index in [1.165, 1.54) is 63.6 Å². The Morgan fingerprint density at radius 3 is 1.80 bits per heavy atom. The van der Waals surface area contributed by atoms with Crippen molar-refractivity contribution in [3.05, 3.63) is 194 Å². The quantitative estimate of drug-likeness (QED) is 0.131. The molecule has 0 aliphatic rings. The fourth-order valence-electron chi connectivity index (χ4n) is 8.24. The summed E-state index contributed by atoms with van der Waals surface area (Å²) in [5.74, 6) is 0.717. The van der Waals surface area contributed by atoms with Gasteiger partial charge in [0.25, 0.3) is 0 Å². The standard InChI is InChI=1S/C52H32N2S/c1-2-14-34(15-3-1)52-53-47(32-48(54-52)45-25-12-24-44-42-23-8-9-26-49(42)55-51(44)45)38-19-10-17-35(29-38)36-18-11-20-39(30-36)50-41-22-7-5-16-37(41)31-46-40-21-6-4-13-33(40)27-28-43(46)50/h1-32H. The van der Waals surface area contributed by atoms with E-state index in [4.69, 9.17) is 9.97 Å². The minimum absolute atomic E-state index is 0.717. The van der Waals surface area contributed by atoms with Gasteiger partial charge in [0.05, 0.1) is 11.4 Å². The molecule has 0 fully saturated rings. The SMILES string of the molecule is c1ccc(-c2nc(-c3cccc(-c4cccc(-c5c6ccccc6cc6c5ccc5ccccc56)c4)c3)cc(-c3cccc4c3sc3ccccc34)n2)cc1. The molecule has 0 saturated heterocycles. The van der Waals surface area contributed by atoms with Gasteiger partial charge >= 0.3 is 0 Å². The van der Waals surface area contributed by atoms with E-state index >= 15 is 0 Å². The lowest BCUT2D eigenvalue weighted by Crippen LogP contribution is -1.96. The molecule has 2 aromatic heterocycles. The zero-order valence-corrected chi connectivity index (χ0v) is 30.6. The van der Waals surface area contributed by atoms with Gasteiger partial charge in [-0.15, -0.1) is 11.3 Å². The Bertz CT molecular complexity index is 3270. The highest BCUT2D eigenvalue weighted by molar-refractivity contribution is 7.26. The molecular weight excluding hydrogens is 685 g/mol. The first-order valence-electron chi connectivity index (χ1n) is 18.6. The Hall–Kier alpha value is -6.94. The first-order chi connectivity index (χ1) is 27.2. The maximum absolute atomic E-state index is 5.21. The van der Waals surface area contributed by atoms with E-state index in [9.17, 15) is 0 Å². The molecule has 55 heavy (non-hydrogen) atoms. The third-order valence-electron chi connectivity index (χ3n) is 10.9. The van der Waals surface area contributed by atoms with Crippen LogP contribution >= 0.6 is 11.3 Å². The Kier molecular flexibility index (Phi) is 7.39. The molecule has 0 spiro atoms. The van der Waals surface area contributed by atoms with Crippen molar-refractivity contribution in [2.45, 2.75) is 0 Å². The maximum Gasteiger partial charge on any atom is 0.160 e. The topological polar surface area (TPSA) is 25.8 Å². The van der Waals surface area contributed by atoms with Crippen molar-refractivity contribution in [1.29, 1.82) is 0 Å². The molecule has 0 bridgehead atoms. The van der Waals surface area contributed by atoms with Crippen LogP contribution in [-0.4, -0.2) is 9.97 Å². The molecule has 0 saturated carbocycles. The van der Waals surface area contributed by atoms with Gasteiger partial charge in [0, 0.05) is 36.9 Å². The molecule has 256 valence electrons. The number of rotatable bonds is 5. The van der Waals surface area contributed by atoms with Crippen LogP contribution in [0.4, 0.5) is 0 Å². The molecule has 2 heterocycles. The highest BCUT2D eigenvalue weighted by Gasteiger charge is 2.17. The van der Waals surface area contributed by atoms with Gasteiger partial charge < -0.3 is 0 Å². The van der Waals surface area contributed by atoms with Gasteiger partial charge in [-0.2, -0.15) is 0 Å². The summed E-state index contributed by atoms with van der Waals surface area (Å²) in [7, 11) is 0. The molecule has 2 nitrogen and oxygen atoms in total. The van der Waals surface area contributed by atoms with Crippen molar-refractivity contribution >= 4 is 63.8 Å². The average molecular weight is 717 g/mol.